The number of hydrogen-bond acceptors (Lipinski definition) is 4. The van der Waals surface area contributed by atoms with Crippen molar-refractivity contribution in [3.05, 3.63) is 22.9 Å². The van der Waals surface area contributed by atoms with Crippen LogP contribution in [0.5, 0.6) is 0 Å². The van der Waals surface area contributed by atoms with E-state index < -0.39 is 17.4 Å². The van der Waals surface area contributed by atoms with Gasteiger partial charge >= 0.3 is 5.97 Å². The van der Waals surface area contributed by atoms with Gasteiger partial charge in [0.1, 0.15) is 0 Å². The fraction of sp³-hybridized carbons (Fsp3) is 0.667. The van der Waals surface area contributed by atoms with Gasteiger partial charge in [-0.05, 0) is 50.2 Å². The number of allylic oxidation sites excluding steroid dienone is 3. The Hall–Kier alpha value is -2.11. The number of aliphatic carboxylic acids is 1. The van der Waals surface area contributed by atoms with Crippen LogP contribution in [0.15, 0.2) is 22.9 Å². The first kappa shape index (κ1) is 22.9. The van der Waals surface area contributed by atoms with Crippen LogP contribution in [0.25, 0.3) is 0 Å². The van der Waals surface area contributed by atoms with Crippen molar-refractivity contribution in [1.29, 1.82) is 0 Å². The second-order valence-corrected chi connectivity index (χ2v) is 7.85. The first-order chi connectivity index (χ1) is 12.7. The number of carbonyl (C=O) groups excluding carboxylic acids is 2. The van der Waals surface area contributed by atoms with Crippen LogP contribution in [0.2, 0.25) is 0 Å². The molecule has 0 bridgehead atoms. The van der Waals surface area contributed by atoms with Crippen molar-refractivity contribution in [2.24, 2.45) is 5.92 Å². The third-order valence-corrected chi connectivity index (χ3v) is 5.08. The zero-order chi connectivity index (χ0) is 20.4. The molecule has 6 nitrogen and oxygen atoms in total. The molecule has 0 aromatic rings. The van der Waals surface area contributed by atoms with Crippen molar-refractivity contribution < 1.29 is 19.5 Å². The second-order valence-electron chi connectivity index (χ2n) is 7.85. The largest absolute Gasteiger partial charge is 0.481 e. The monoisotopic (exact) mass is 378 g/mol. The average Bonchev–Trinajstić information content (AvgIpc) is 3.02. The van der Waals surface area contributed by atoms with Crippen molar-refractivity contribution >= 4 is 18.2 Å². The van der Waals surface area contributed by atoms with Crippen molar-refractivity contribution in [2.45, 2.75) is 78.2 Å². The molecule has 1 saturated carbocycles. The fourth-order valence-corrected chi connectivity index (χ4v) is 3.53. The van der Waals surface area contributed by atoms with E-state index in [-0.39, 0.29) is 12.0 Å². The minimum atomic E-state index is -0.937. The van der Waals surface area contributed by atoms with Gasteiger partial charge in [-0.15, -0.1) is 0 Å². The lowest BCUT2D eigenvalue weighted by molar-refractivity contribution is -0.139. The molecule has 1 aliphatic carbocycles. The Labute approximate surface area is 162 Å². The van der Waals surface area contributed by atoms with E-state index in [9.17, 15) is 14.4 Å². The summed E-state index contributed by atoms with van der Waals surface area (Å²) in [6.07, 6.45) is 6.86. The maximum Gasteiger partial charge on any atom is 0.305 e. The molecule has 1 aliphatic rings. The Balaban J connectivity index is 2.92. The summed E-state index contributed by atoms with van der Waals surface area (Å²) in [7, 11) is 0. The van der Waals surface area contributed by atoms with Crippen LogP contribution in [-0.2, 0) is 14.4 Å². The highest BCUT2D eigenvalue weighted by Gasteiger charge is 2.37. The molecule has 1 fully saturated rings. The molecule has 1 rings (SSSR count). The summed E-state index contributed by atoms with van der Waals surface area (Å²) in [4.78, 5) is 35.3. The number of carboxylic acids is 1. The van der Waals surface area contributed by atoms with Crippen LogP contribution in [-0.4, -0.2) is 35.4 Å². The highest BCUT2D eigenvalue weighted by Crippen LogP contribution is 2.32. The van der Waals surface area contributed by atoms with Crippen LogP contribution in [0, 0.1) is 5.92 Å². The van der Waals surface area contributed by atoms with E-state index in [1.165, 1.54) is 0 Å². The van der Waals surface area contributed by atoms with Crippen molar-refractivity contribution in [2.75, 3.05) is 6.54 Å². The first-order valence-electron chi connectivity index (χ1n) is 9.87. The predicted molar refractivity (Wildman–Crippen MR) is 106 cm³/mol. The Kier molecular flexibility index (Phi) is 9.26. The van der Waals surface area contributed by atoms with Crippen molar-refractivity contribution in [1.82, 2.24) is 10.6 Å². The quantitative estimate of drug-likeness (QED) is 0.168. The topological polar surface area (TPSA) is 95.5 Å². The van der Waals surface area contributed by atoms with Gasteiger partial charge in [-0.2, -0.15) is 0 Å². The number of rotatable bonds is 11. The van der Waals surface area contributed by atoms with Crippen molar-refractivity contribution in [3.63, 3.8) is 0 Å². The molecule has 3 N–H and O–H groups in total. The van der Waals surface area contributed by atoms with Crippen LogP contribution < -0.4 is 10.6 Å². The molecule has 0 saturated heterocycles. The molecule has 0 heterocycles. The zero-order valence-electron chi connectivity index (χ0n) is 17.1. The van der Waals surface area contributed by atoms with E-state index >= 15 is 0 Å². The molecule has 1 amide bonds. The van der Waals surface area contributed by atoms with Gasteiger partial charge in [0.2, 0.25) is 0 Å². The maximum absolute atomic E-state index is 12.6. The third-order valence-electron chi connectivity index (χ3n) is 5.08. The fourth-order valence-electron chi connectivity index (χ4n) is 3.53. The lowest BCUT2D eigenvalue weighted by Crippen LogP contribution is -2.48. The molecule has 0 aliphatic heterocycles. The lowest BCUT2D eigenvalue weighted by atomic mass is 9.92. The van der Waals surface area contributed by atoms with Gasteiger partial charge in [0, 0.05) is 12.2 Å². The minimum Gasteiger partial charge on any atom is -0.481 e. The smallest absolute Gasteiger partial charge is 0.305 e. The van der Waals surface area contributed by atoms with Gasteiger partial charge in [-0.25, -0.2) is 0 Å². The molecule has 6 heteroatoms. The number of carbonyl (C=O) groups is 3. The summed E-state index contributed by atoms with van der Waals surface area (Å²) < 4.78 is 0. The molecule has 27 heavy (non-hydrogen) atoms. The molecule has 0 aromatic heterocycles. The van der Waals surface area contributed by atoms with Crippen LogP contribution >= 0.6 is 0 Å². The van der Waals surface area contributed by atoms with E-state index in [1.54, 1.807) is 6.08 Å². The lowest BCUT2D eigenvalue weighted by Gasteiger charge is -2.28. The summed E-state index contributed by atoms with van der Waals surface area (Å²) in [5.74, 6) is -0.836. The van der Waals surface area contributed by atoms with Gasteiger partial charge in [0.15, 0.2) is 6.29 Å². The Bertz CT molecular complexity index is 599. The SMILES string of the molecule is CC/C(NCCC(C)C)=C(C)/C=C(\C=O)C(=O)NC1(CC(=O)O)CCCC1. The van der Waals surface area contributed by atoms with Crippen LogP contribution in [0.3, 0.4) is 0 Å². The van der Waals surface area contributed by atoms with E-state index in [1.807, 2.05) is 13.8 Å². The highest BCUT2D eigenvalue weighted by atomic mass is 16.4. The van der Waals surface area contributed by atoms with Crippen LogP contribution in [0.4, 0.5) is 0 Å². The molecule has 0 radical (unpaired) electrons. The second kappa shape index (κ2) is 10.9. The van der Waals surface area contributed by atoms with Gasteiger partial charge < -0.3 is 15.7 Å². The number of nitrogens with one attached hydrogen (secondary N) is 2. The minimum absolute atomic E-state index is 0.0285. The van der Waals surface area contributed by atoms with Gasteiger partial charge in [0.25, 0.3) is 5.91 Å². The standard InChI is InChI=1S/C21H34N2O4/c1-5-18(22-11-8-15(2)3)16(4)12-17(14-24)20(27)23-21(13-19(25)26)9-6-7-10-21/h12,14-15,22H,5-11,13H2,1-4H3,(H,23,27)(H,25,26)/b17-12+,18-16-. The molecule has 0 unspecified atom stereocenters. The Morgan fingerprint density at radius 2 is 1.85 bits per heavy atom. The number of carboxylic acid groups (broad SMARTS) is 1. The summed E-state index contributed by atoms with van der Waals surface area (Å²) in [5.41, 5.74) is 1.13. The molecule has 152 valence electrons. The van der Waals surface area contributed by atoms with Gasteiger partial charge in [0.05, 0.1) is 17.5 Å². The van der Waals surface area contributed by atoms with E-state index in [4.69, 9.17) is 5.11 Å². The summed E-state index contributed by atoms with van der Waals surface area (Å²) in [6, 6.07) is 0. The van der Waals surface area contributed by atoms with E-state index in [2.05, 4.69) is 24.5 Å². The molecule has 0 spiro atoms. The number of amides is 1. The van der Waals surface area contributed by atoms with E-state index in [0.29, 0.717) is 25.0 Å². The number of hydrogen-bond donors (Lipinski definition) is 3. The zero-order valence-corrected chi connectivity index (χ0v) is 17.1. The highest BCUT2D eigenvalue weighted by molar-refractivity contribution is 6.11. The molecule has 0 atom stereocenters. The molecule has 0 aromatic carbocycles. The Morgan fingerprint density at radius 3 is 2.33 bits per heavy atom. The summed E-state index contributed by atoms with van der Waals surface area (Å²) >= 11 is 0. The molecular weight excluding hydrogens is 344 g/mol. The number of aldehydes is 1. The third kappa shape index (κ3) is 7.57. The summed E-state index contributed by atoms with van der Waals surface area (Å²) in [6.45, 7) is 9.07. The first-order valence-corrected chi connectivity index (χ1v) is 9.87. The van der Waals surface area contributed by atoms with Gasteiger partial charge in [-0.3, -0.25) is 14.4 Å². The van der Waals surface area contributed by atoms with Crippen LogP contribution in [0.1, 0.15) is 72.6 Å². The van der Waals surface area contributed by atoms with Crippen molar-refractivity contribution in [3.8, 4) is 0 Å². The predicted octanol–water partition coefficient (Wildman–Crippen LogP) is 3.34. The van der Waals surface area contributed by atoms with Gasteiger partial charge in [-0.1, -0.05) is 33.6 Å². The van der Waals surface area contributed by atoms with E-state index in [0.717, 1.165) is 43.5 Å². The summed E-state index contributed by atoms with van der Waals surface area (Å²) in [5, 5.41) is 15.4. The maximum atomic E-state index is 12.6. The average molecular weight is 379 g/mol. The molecular formula is C21H34N2O4. The normalized spacial score (nSPS) is 17.4. The Morgan fingerprint density at radius 1 is 1.22 bits per heavy atom.